The van der Waals surface area contributed by atoms with Crippen molar-refractivity contribution in [3.63, 3.8) is 0 Å². The molecule has 2 aromatic rings. The normalized spacial score (nSPS) is 13.3. The van der Waals surface area contributed by atoms with Gasteiger partial charge in [-0.15, -0.1) is 0 Å². The predicted molar refractivity (Wildman–Crippen MR) is 113 cm³/mol. The Balaban J connectivity index is 1.53. The Labute approximate surface area is 175 Å². The van der Waals surface area contributed by atoms with Crippen molar-refractivity contribution in [2.45, 2.75) is 13.3 Å². The van der Waals surface area contributed by atoms with Crippen LogP contribution in [-0.2, 0) is 14.3 Å². The molecular formula is C23H24N2O5. The monoisotopic (exact) mass is 408 g/mol. The van der Waals surface area contributed by atoms with Crippen LogP contribution in [0.15, 0.2) is 59.7 Å². The summed E-state index contributed by atoms with van der Waals surface area (Å²) in [6.45, 7) is 2.49. The summed E-state index contributed by atoms with van der Waals surface area (Å²) >= 11 is 0. The second kappa shape index (κ2) is 10.2. The van der Waals surface area contributed by atoms with Crippen molar-refractivity contribution in [1.29, 1.82) is 0 Å². The first-order valence-electron chi connectivity index (χ1n) is 9.69. The van der Waals surface area contributed by atoms with Gasteiger partial charge in [0.25, 0.3) is 5.91 Å². The van der Waals surface area contributed by atoms with E-state index >= 15 is 0 Å². The van der Waals surface area contributed by atoms with E-state index in [1.807, 2.05) is 37.3 Å². The maximum atomic E-state index is 12.3. The SMILES string of the molecule is CCOc1cc(/C=C/C(=O)OCC(=O)N2CCC(c3ccccc3)=N2)ccc1OC. The van der Waals surface area contributed by atoms with Crippen LogP contribution >= 0.6 is 0 Å². The number of benzene rings is 2. The zero-order valence-electron chi connectivity index (χ0n) is 17.0. The van der Waals surface area contributed by atoms with Gasteiger partial charge in [0.15, 0.2) is 18.1 Å². The van der Waals surface area contributed by atoms with Crippen LogP contribution in [-0.4, -0.2) is 49.5 Å². The summed E-state index contributed by atoms with van der Waals surface area (Å²) in [4.78, 5) is 24.3. The first-order chi connectivity index (χ1) is 14.6. The number of methoxy groups -OCH3 is 1. The highest BCUT2D eigenvalue weighted by Gasteiger charge is 2.22. The topological polar surface area (TPSA) is 77.4 Å². The van der Waals surface area contributed by atoms with E-state index in [9.17, 15) is 9.59 Å². The molecule has 0 fully saturated rings. The fraction of sp³-hybridized carbons (Fsp3) is 0.261. The van der Waals surface area contributed by atoms with Crippen molar-refractivity contribution in [2.24, 2.45) is 5.10 Å². The van der Waals surface area contributed by atoms with Crippen molar-refractivity contribution in [1.82, 2.24) is 5.01 Å². The van der Waals surface area contributed by atoms with Gasteiger partial charge in [0.05, 0.1) is 26.0 Å². The molecule has 1 aliphatic heterocycles. The average molecular weight is 408 g/mol. The molecule has 3 rings (SSSR count). The lowest BCUT2D eigenvalue weighted by atomic mass is 10.1. The van der Waals surface area contributed by atoms with Crippen molar-refractivity contribution < 1.29 is 23.8 Å². The largest absolute Gasteiger partial charge is 0.493 e. The Morgan fingerprint density at radius 2 is 1.93 bits per heavy atom. The van der Waals surface area contributed by atoms with Gasteiger partial charge in [0, 0.05) is 12.5 Å². The van der Waals surface area contributed by atoms with Crippen LogP contribution in [0.1, 0.15) is 24.5 Å². The third-order valence-electron chi connectivity index (χ3n) is 4.43. The number of ether oxygens (including phenoxy) is 3. The Kier molecular flexibility index (Phi) is 7.21. The van der Waals surface area contributed by atoms with Crippen LogP contribution in [0.3, 0.4) is 0 Å². The summed E-state index contributed by atoms with van der Waals surface area (Å²) in [6, 6.07) is 15.0. The molecule has 0 atom stereocenters. The highest BCUT2D eigenvalue weighted by Crippen LogP contribution is 2.28. The molecule has 0 aromatic heterocycles. The molecule has 0 spiro atoms. The van der Waals surface area contributed by atoms with Crippen LogP contribution in [0.5, 0.6) is 11.5 Å². The molecule has 7 heteroatoms. The standard InChI is InChI=1S/C23H24N2O5/c1-3-29-21-15-17(9-11-20(21)28-2)10-12-23(27)30-16-22(26)25-14-13-19(24-25)18-7-5-4-6-8-18/h4-12,15H,3,13-14,16H2,1-2H3/b12-10+. The molecule has 0 saturated carbocycles. The van der Waals surface area contributed by atoms with Gasteiger partial charge in [-0.3, -0.25) is 4.79 Å². The number of rotatable bonds is 8. The van der Waals surface area contributed by atoms with E-state index in [4.69, 9.17) is 14.2 Å². The van der Waals surface area contributed by atoms with Gasteiger partial charge in [-0.1, -0.05) is 36.4 Å². The average Bonchev–Trinajstić information content (AvgIpc) is 3.27. The van der Waals surface area contributed by atoms with Gasteiger partial charge < -0.3 is 14.2 Å². The number of carbonyl (C=O) groups excluding carboxylic acids is 2. The van der Waals surface area contributed by atoms with Gasteiger partial charge in [0.2, 0.25) is 0 Å². The van der Waals surface area contributed by atoms with E-state index in [0.29, 0.717) is 31.1 Å². The maximum Gasteiger partial charge on any atom is 0.331 e. The number of carbonyl (C=O) groups is 2. The van der Waals surface area contributed by atoms with Gasteiger partial charge in [-0.2, -0.15) is 5.10 Å². The number of hydrogen-bond acceptors (Lipinski definition) is 6. The minimum Gasteiger partial charge on any atom is -0.493 e. The quantitative estimate of drug-likeness (QED) is 0.495. The predicted octanol–water partition coefficient (Wildman–Crippen LogP) is 3.29. The van der Waals surface area contributed by atoms with E-state index in [1.54, 1.807) is 31.4 Å². The van der Waals surface area contributed by atoms with Gasteiger partial charge in [-0.05, 0) is 36.3 Å². The molecule has 0 bridgehead atoms. The lowest BCUT2D eigenvalue weighted by Gasteiger charge is -2.11. The second-order valence-corrected chi connectivity index (χ2v) is 6.46. The Morgan fingerprint density at radius 1 is 1.13 bits per heavy atom. The molecule has 156 valence electrons. The lowest BCUT2D eigenvalue weighted by molar-refractivity contribution is -0.147. The first-order valence-corrected chi connectivity index (χ1v) is 9.69. The molecule has 0 aliphatic carbocycles. The van der Waals surface area contributed by atoms with Crippen molar-refractivity contribution >= 4 is 23.7 Å². The minimum absolute atomic E-state index is 0.356. The van der Waals surface area contributed by atoms with Gasteiger partial charge in [-0.25, -0.2) is 9.80 Å². The third kappa shape index (κ3) is 5.47. The smallest absolute Gasteiger partial charge is 0.331 e. The number of hydrogen-bond donors (Lipinski definition) is 0. The molecule has 30 heavy (non-hydrogen) atoms. The molecule has 1 aliphatic rings. The number of hydrazone groups is 1. The van der Waals surface area contributed by atoms with Crippen molar-refractivity contribution in [3.8, 4) is 11.5 Å². The summed E-state index contributed by atoms with van der Waals surface area (Å²) in [5.74, 6) is 0.240. The van der Waals surface area contributed by atoms with Gasteiger partial charge >= 0.3 is 5.97 Å². The Morgan fingerprint density at radius 3 is 2.67 bits per heavy atom. The number of nitrogens with zero attached hydrogens (tertiary/aromatic N) is 2. The summed E-state index contributed by atoms with van der Waals surface area (Å²) in [6.07, 6.45) is 3.53. The first kappa shape index (κ1) is 21.1. The third-order valence-corrected chi connectivity index (χ3v) is 4.43. The summed E-state index contributed by atoms with van der Waals surface area (Å²) in [5.41, 5.74) is 2.58. The van der Waals surface area contributed by atoms with E-state index in [0.717, 1.165) is 16.8 Å². The van der Waals surface area contributed by atoms with Crippen LogP contribution in [0.4, 0.5) is 0 Å². The Bertz CT molecular complexity index is 953. The second-order valence-electron chi connectivity index (χ2n) is 6.46. The molecule has 1 amide bonds. The molecule has 0 saturated heterocycles. The number of esters is 1. The van der Waals surface area contributed by atoms with E-state index < -0.39 is 5.97 Å². The zero-order valence-corrected chi connectivity index (χ0v) is 17.0. The molecule has 1 heterocycles. The number of amides is 1. The molecule has 0 unspecified atom stereocenters. The van der Waals surface area contributed by atoms with E-state index in [-0.39, 0.29) is 12.5 Å². The van der Waals surface area contributed by atoms with E-state index in [2.05, 4.69) is 5.10 Å². The van der Waals surface area contributed by atoms with Crippen LogP contribution in [0.2, 0.25) is 0 Å². The fourth-order valence-corrected chi connectivity index (χ4v) is 2.96. The lowest BCUT2D eigenvalue weighted by Crippen LogP contribution is -2.28. The van der Waals surface area contributed by atoms with Gasteiger partial charge in [0.1, 0.15) is 0 Å². The van der Waals surface area contributed by atoms with Crippen LogP contribution < -0.4 is 9.47 Å². The summed E-state index contributed by atoms with van der Waals surface area (Å²) < 4.78 is 15.8. The Hall–Kier alpha value is -3.61. The van der Waals surface area contributed by atoms with Crippen molar-refractivity contribution in [2.75, 3.05) is 26.9 Å². The summed E-state index contributed by atoms with van der Waals surface area (Å²) in [7, 11) is 1.56. The highest BCUT2D eigenvalue weighted by atomic mass is 16.5. The maximum absolute atomic E-state index is 12.3. The minimum atomic E-state index is -0.608. The molecule has 2 aromatic carbocycles. The fourth-order valence-electron chi connectivity index (χ4n) is 2.96. The molecule has 7 nitrogen and oxygen atoms in total. The van der Waals surface area contributed by atoms with E-state index in [1.165, 1.54) is 11.1 Å². The summed E-state index contributed by atoms with van der Waals surface area (Å²) in [5, 5.41) is 5.68. The molecule has 0 radical (unpaired) electrons. The molecule has 0 N–H and O–H groups in total. The highest BCUT2D eigenvalue weighted by molar-refractivity contribution is 6.02. The molecular weight excluding hydrogens is 384 g/mol. The van der Waals surface area contributed by atoms with Crippen LogP contribution in [0, 0.1) is 0 Å². The van der Waals surface area contributed by atoms with Crippen LogP contribution in [0.25, 0.3) is 6.08 Å². The zero-order chi connectivity index (χ0) is 21.3. The van der Waals surface area contributed by atoms with Crippen molar-refractivity contribution in [3.05, 3.63) is 65.7 Å².